The first kappa shape index (κ1) is 26.4. The molecule has 6 atom stereocenters. The third-order valence-corrected chi connectivity index (χ3v) is 4.19. The van der Waals surface area contributed by atoms with Gasteiger partial charge in [-0.3, -0.25) is 18.4 Å². The Morgan fingerprint density at radius 1 is 0.889 bits per heavy atom. The van der Waals surface area contributed by atoms with Crippen LogP contribution in [0.3, 0.4) is 0 Å². The molecule has 0 heterocycles. The first-order valence-corrected chi connectivity index (χ1v) is 9.93. The Labute approximate surface area is 151 Å². The number of aldehydes is 1. The van der Waals surface area contributed by atoms with Gasteiger partial charge < -0.3 is 45.0 Å². The predicted molar refractivity (Wildman–Crippen MR) is 80.8 cm³/mol. The normalized spacial score (nSPS) is 20.1. The molecule has 8 N–H and O–H groups in total. The maximum atomic E-state index is 11.5. The molecule has 0 spiro atoms. The van der Waals surface area contributed by atoms with Crippen molar-refractivity contribution in [2.24, 2.45) is 0 Å². The van der Waals surface area contributed by atoms with E-state index in [1.165, 1.54) is 0 Å². The quantitative estimate of drug-likeness (QED) is 0.0937. The summed E-state index contributed by atoms with van der Waals surface area (Å²) in [5.41, 5.74) is 0. The van der Waals surface area contributed by atoms with Crippen LogP contribution in [0.25, 0.3) is 0 Å². The standard InChI is InChI=1S/C10H20O15P2/c11-1-5(12)9(16)7(14)3-24-27(21,22)25-4-8(15)10(17)6(13)2-23-26(18,19)20/h1,5-7,9-10,12-14,16-17H,2-4H2,(H,21,22)(H2,18,19,20)/t5-,6+,7+,9-,10-/m0/s1. The predicted octanol–water partition coefficient (Wildman–Crippen LogP) is -4.20. The maximum Gasteiger partial charge on any atom is 0.472 e. The first-order valence-electron chi connectivity index (χ1n) is 6.90. The molecule has 0 saturated heterocycles. The molecule has 0 bridgehead atoms. The summed E-state index contributed by atoms with van der Waals surface area (Å²) in [6.07, 6.45) is -10.5. The average molecular weight is 442 g/mol. The van der Waals surface area contributed by atoms with Gasteiger partial charge in [-0.1, -0.05) is 0 Å². The fraction of sp³-hybridized carbons (Fsp3) is 0.800. The Bertz CT molecular complexity index is 575. The van der Waals surface area contributed by atoms with Gasteiger partial charge in [-0.2, -0.15) is 0 Å². The molecule has 0 aromatic rings. The van der Waals surface area contributed by atoms with E-state index in [9.17, 15) is 44.0 Å². The first-order chi connectivity index (χ1) is 12.2. The lowest BCUT2D eigenvalue weighted by Crippen LogP contribution is -2.40. The van der Waals surface area contributed by atoms with Gasteiger partial charge in [-0.25, -0.2) is 9.13 Å². The van der Waals surface area contributed by atoms with E-state index in [0.717, 1.165) is 0 Å². The summed E-state index contributed by atoms with van der Waals surface area (Å²) < 4.78 is 34.2. The molecule has 15 nitrogen and oxygen atoms in total. The average Bonchev–Trinajstić information content (AvgIpc) is 2.59. The van der Waals surface area contributed by atoms with Crippen molar-refractivity contribution >= 4 is 27.7 Å². The topological polar surface area (TPSA) is 258 Å². The largest absolute Gasteiger partial charge is 0.472 e. The number of phosphoric acid groups is 2. The van der Waals surface area contributed by atoms with Gasteiger partial charge in [0.2, 0.25) is 0 Å². The van der Waals surface area contributed by atoms with Crippen LogP contribution in [-0.4, -0.2) is 103 Å². The van der Waals surface area contributed by atoms with Crippen LogP contribution >= 0.6 is 15.6 Å². The van der Waals surface area contributed by atoms with E-state index in [1.54, 1.807) is 0 Å². The van der Waals surface area contributed by atoms with E-state index >= 15 is 0 Å². The van der Waals surface area contributed by atoms with Crippen molar-refractivity contribution in [2.45, 2.75) is 30.5 Å². The third-order valence-electron chi connectivity index (χ3n) is 2.77. The molecule has 0 aliphatic rings. The Hall–Kier alpha value is -0.640. The van der Waals surface area contributed by atoms with Gasteiger partial charge in [0.15, 0.2) is 12.1 Å². The fourth-order valence-corrected chi connectivity index (χ4v) is 2.38. The van der Waals surface area contributed by atoms with Gasteiger partial charge in [-0.05, 0) is 0 Å². The Morgan fingerprint density at radius 2 is 1.41 bits per heavy atom. The van der Waals surface area contributed by atoms with E-state index in [1.807, 2.05) is 0 Å². The zero-order chi connectivity index (χ0) is 21.4. The number of aliphatic hydroxyl groups excluding tert-OH is 5. The summed E-state index contributed by atoms with van der Waals surface area (Å²) in [6, 6.07) is 0. The highest BCUT2D eigenvalue weighted by Gasteiger charge is 2.32. The molecule has 0 amide bonds. The number of Topliss-reactive ketones (excluding diaryl/α,β-unsaturated/α-hetero) is 1. The second-order valence-electron chi connectivity index (χ2n) is 4.99. The summed E-state index contributed by atoms with van der Waals surface area (Å²) in [6.45, 7) is -3.51. The number of phosphoric ester groups is 2. The summed E-state index contributed by atoms with van der Waals surface area (Å²) in [5, 5.41) is 46.3. The minimum atomic E-state index is -5.00. The molecule has 0 rings (SSSR count). The maximum absolute atomic E-state index is 11.5. The lowest BCUT2D eigenvalue weighted by atomic mass is 10.1. The molecule has 0 aliphatic carbocycles. The van der Waals surface area contributed by atoms with Crippen LogP contribution < -0.4 is 0 Å². The molecular weight excluding hydrogens is 422 g/mol. The molecule has 1 unspecified atom stereocenters. The van der Waals surface area contributed by atoms with Crippen molar-refractivity contribution < 1.29 is 72.5 Å². The van der Waals surface area contributed by atoms with Crippen molar-refractivity contribution in [1.82, 2.24) is 0 Å². The van der Waals surface area contributed by atoms with E-state index in [-0.39, 0.29) is 6.29 Å². The summed E-state index contributed by atoms with van der Waals surface area (Å²) in [5.74, 6) is -1.38. The lowest BCUT2D eigenvalue weighted by molar-refractivity contribution is -0.137. The number of hydrogen-bond acceptors (Lipinski definition) is 12. The number of hydrogen-bond donors (Lipinski definition) is 8. The van der Waals surface area contributed by atoms with Crippen molar-refractivity contribution in [3.05, 3.63) is 0 Å². The zero-order valence-electron chi connectivity index (χ0n) is 13.4. The Kier molecular flexibility index (Phi) is 11.1. The van der Waals surface area contributed by atoms with Crippen LogP contribution in [0.2, 0.25) is 0 Å². The Morgan fingerprint density at radius 3 is 1.89 bits per heavy atom. The second-order valence-corrected chi connectivity index (χ2v) is 7.68. The zero-order valence-corrected chi connectivity index (χ0v) is 15.2. The Balaban J connectivity index is 4.46. The molecule has 0 radical (unpaired) electrons. The molecule has 17 heteroatoms. The van der Waals surface area contributed by atoms with Crippen LogP contribution in [0.15, 0.2) is 0 Å². The van der Waals surface area contributed by atoms with Gasteiger partial charge in [0, 0.05) is 0 Å². The summed E-state index contributed by atoms with van der Waals surface area (Å²) >= 11 is 0. The highest BCUT2D eigenvalue weighted by atomic mass is 31.2. The highest BCUT2D eigenvalue weighted by Crippen LogP contribution is 2.43. The van der Waals surface area contributed by atoms with Crippen LogP contribution in [0.5, 0.6) is 0 Å². The van der Waals surface area contributed by atoms with Crippen molar-refractivity contribution in [2.75, 3.05) is 19.8 Å². The minimum absolute atomic E-state index is 0.107. The van der Waals surface area contributed by atoms with E-state index in [4.69, 9.17) is 14.9 Å². The molecule has 0 fully saturated rings. The molecule has 27 heavy (non-hydrogen) atoms. The monoisotopic (exact) mass is 442 g/mol. The molecular formula is C10H20O15P2. The van der Waals surface area contributed by atoms with Crippen LogP contribution in [-0.2, 0) is 32.3 Å². The van der Waals surface area contributed by atoms with Gasteiger partial charge in [0.1, 0.15) is 37.1 Å². The van der Waals surface area contributed by atoms with E-state index in [2.05, 4.69) is 13.6 Å². The van der Waals surface area contributed by atoms with E-state index in [0.29, 0.717) is 0 Å². The van der Waals surface area contributed by atoms with Crippen molar-refractivity contribution in [1.29, 1.82) is 0 Å². The van der Waals surface area contributed by atoms with E-state index < -0.39 is 71.8 Å². The number of ketones is 1. The summed E-state index contributed by atoms with van der Waals surface area (Å²) in [7, 11) is -9.97. The number of rotatable bonds is 14. The third kappa shape index (κ3) is 11.1. The second kappa shape index (κ2) is 11.4. The molecule has 0 aromatic carbocycles. The summed E-state index contributed by atoms with van der Waals surface area (Å²) in [4.78, 5) is 47.8. The van der Waals surface area contributed by atoms with Crippen molar-refractivity contribution in [3.63, 3.8) is 0 Å². The van der Waals surface area contributed by atoms with Gasteiger partial charge in [0.05, 0.1) is 13.2 Å². The SMILES string of the molecule is O=C[C@H](O)[C@H](O)[C@H](O)COP(=O)(O)OCC(=O)[C@@H](O)[C@H](O)COP(=O)(O)O. The van der Waals surface area contributed by atoms with Gasteiger partial charge in [-0.15, -0.1) is 0 Å². The van der Waals surface area contributed by atoms with Gasteiger partial charge in [0.25, 0.3) is 0 Å². The molecule has 0 saturated carbocycles. The number of aliphatic hydroxyl groups is 5. The fourth-order valence-electron chi connectivity index (χ4n) is 1.32. The number of carbonyl (C=O) groups is 2. The molecule has 0 aromatic heterocycles. The molecule has 160 valence electrons. The smallest absolute Gasteiger partial charge is 0.388 e. The van der Waals surface area contributed by atoms with Crippen LogP contribution in [0, 0.1) is 0 Å². The number of carbonyl (C=O) groups excluding carboxylic acids is 2. The van der Waals surface area contributed by atoms with Gasteiger partial charge >= 0.3 is 15.6 Å². The van der Waals surface area contributed by atoms with Crippen LogP contribution in [0.4, 0.5) is 0 Å². The lowest BCUT2D eigenvalue weighted by Gasteiger charge is -2.21. The highest BCUT2D eigenvalue weighted by molar-refractivity contribution is 7.47. The van der Waals surface area contributed by atoms with Crippen molar-refractivity contribution in [3.8, 4) is 0 Å². The minimum Gasteiger partial charge on any atom is -0.388 e. The van der Waals surface area contributed by atoms with Crippen LogP contribution in [0.1, 0.15) is 0 Å². The molecule has 0 aliphatic heterocycles.